The summed E-state index contributed by atoms with van der Waals surface area (Å²) in [6.45, 7) is 0.607. The number of hydrogen-bond donors (Lipinski definition) is 1. The summed E-state index contributed by atoms with van der Waals surface area (Å²) in [5.74, 6) is 0.907. The van der Waals surface area contributed by atoms with Crippen LogP contribution in [0.1, 0.15) is 50.5 Å². The van der Waals surface area contributed by atoms with Gasteiger partial charge in [0, 0.05) is 18.9 Å². The molecule has 2 aliphatic rings. The fourth-order valence-corrected chi connectivity index (χ4v) is 3.97. The first kappa shape index (κ1) is 14.9. The van der Waals surface area contributed by atoms with Crippen LogP contribution in [0, 0.1) is 5.41 Å². The van der Waals surface area contributed by atoms with Crippen LogP contribution >= 0.6 is 0 Å². The van der Waals surface area contributed by atoms with E-state index in [1.54, 1.807) is 7.11 Å². The Kier molecular flexibility index (Phi) is 4.51. The summed E-state index contributed by atoms with van der Waals surface area (Å²) in [7, 11) is 1.70. The van der Waals surface area contributed by atoms with Crippen molar-refractivity contribution in [2.24, 2.45) is 5.41 Å². The summed E-state index contributed by atoms with van der Waals surface area (Å²) in [4.78, 5) is 0. The fraction of sp³-hybridized carbons (Fsp3) is 0.667. The molecule has 1 aromatic carbocycles. The molecule has 116 valence electrons. The van der Waals surface area contributed by atoms with Gasteiger partial charge in [-0.1, -0.05) is 37.8 Å². The molecule has 0 saturated heterocycles. The van der Waals surface area contributed by atoms with E-state index in [4.69, 9.17) is 9.47 Å². The molecular weight excluding hydrogens is 264 g/mol. The second kappa shape index (κ2) is 6.37. The van der Waals surface area contributed by atoms with Crippen molar-refractivity contribution < 1.29 is 14.6 Å². The Hall–Kier alpha value is -1.06. The minimum atomic E-state index is -0.178. The minimum absolute atomic E-state index is 0.00770. The van der Waals surface area contributed by atoms with Gasteiger partial charge in [0.1, 0.15) is 11.9 Å². The van der Waals surface area contributed by atoms with Gasteiger partial charge in [-0.2, -0.15) is 0 Å². The summed E-state index contributed by atoms with van der Waals surface area (Å²) in [5, 5.41) is 10.3. The molecule has 2 aliphatic carbocycles. The van der Waals surface area contributed by atoms with E-state index in [0.29, 0.717) is 6.61 Å². The second-order valence-corrected chi connectivity index (χ2v) is 6.59. The molecule has 2 atom stereocenters. The fourth-order valence-electron chi connectivity index (χ4n) is 3.97. The third-order valence-electron chi connectivity index (χ3n) is 5.26. The Morgan fingerprint density at radius 3 is 2.62 bits per heavy atom. The quantitative estimate of drug-likeness (QED) is 0.919. The molecule has 1 spiro atoms. The van der Waals surface area contributed by atoms with Gasteiger partial charge in [-0.05, 0) is 30.5 Å². The first-order chi connectivity index (χ1) is 10.2. The highest BCUT2D eigenvalue weighted by molar-refractivity contribution is 5.29. The molecule has 2 fully saturated rings. The second-order valence-electron chi connectivity index (χ2n) is 6.59. The topological polar surface area (TPSA) is 38.7 Å². The van der Waals surface area contributed by atoms with Crippen LogP contribution in [0.3, 0.4) is 0 Å². The van der Waals surface area contributed by atoms with Gasteiger partial charge in [-0.25, -0.2) is 0 Å². The van der Waals surface area contributed by atoms with Crippen LogP contribution in [0.2, 0.25) is 0 Å². The molecule has 1 aromatic rings. The molecule has 2 unspecified atom stereocenters. The number of ether oxygens (including phenoxy) is 2. The van der Waals surface area contributed by atoms with Gasteiger partial charge in [0.05, 0.1) is 12.7 Å². The highest BCUT2D eigenvalue weighted by Crippen LogP contribution is 2.52. The van der Waals surface area contributed by atoms with Crippen molar-refractivity contribution in [3.8, 4) is 5.75 Å². The number of rotatable bonds is 4. The van der Waals surface area contributed by atoms with Gasteiger partial charge in [0.25, 0.3) is 0 Å². The molecular formula is C18H26O3. The van der Waals surface area contributed by atoms with Gasteiger partial charge in [-0.3, -0.25) is 0 Å². The van der Waals surface area contributed by atoms with Crippen LogP contribution in [-0.2, 0) is 11.3 Å². The van der Waals surface area contributed by atoms with E-state index >= 15 is 0 Å². The van der Waals surface area contributed by atoms with Gasteiger partial charge in [0.2, 0.25) is 0 Å². The molecule has 0 amide bonds. The molecule has 0 aliphatic heterocycles. The zero-order valence-electron chi connectivity index (χ0n) is 12.9. The lowest BCUT2D eigenvalue weighted by Crippen LogP contribution is -2.59. The highest BCUT2D eigenvalue weighted by Gasteiger charge is 2.55. The first-order valence-electron chi connectivity index (χ1n) is 8.17. The third-order valence-corrected chi connectivity index (χ3v) is 5.26. The number of benzene rings is 1. The zero-order chi connectivity index (χ0) is 14.7. The van der Waals surface area contributed by atoms with Gasteiger partial charge >= 0.3 is 0 Å². The Bertz CT molecular complexity index is 463. The molecule has 0 radical (unpaired) electrons. The van der Waals surface area contributed by atoms with Crippen molar-refractivity contribution in [3.05, 3.63) is 29.8 Å². The molecule has 0 bridgehead atoms. The predicted molar refractivity (Wildman–Crippen MR) is 82.3 cm³/mol. The Balaban J connectivity index is 1.70. The Labute approximate surface area is 127 Å². The zero-order valence-corrected chi connectivity index (χ0v) is 12.9. The number of methoxy groups -OCH3 is 1. The van der Waals surface area contributed by atoms with Crippen LogP contribution in [-0.4, -0.2) is 24.4 Å². The highest BCUT2D eigenvalue weighted by atomic mass is 16.5. The van der Waals surface area contributed by atoms with E-state index in [9.17, 15) is 5.11 Å². The Morgan fingerprint density at radius 1 is 1.19 bits per heavy atom. The maximum absolute atomic E-state index is 10.3. The number of hydrogen-bond acceptors (Lipinski definition) is 3. The van der Waals surface area contributed by atoms with Crippen LogP contribution in [0.4, 0.5) is 0 Å². The van der Waals surface area contributed by atoms with Crippen LogP contribution in [0.5, 0.6) is 5.75 Å². The van der Waals surface area contributed by atoms with Crippen molar-refractivity contribution in [1.82, 2.24) is 0 Å². The molecule has 0 aromatic heterocycles. The molecule has 2 saturated carbocycles. The number of aliphatic hydroxyl groups is 1. The van der Waals surface area contributed by atoms with Crippen molar-refractivity contribution in [1.29, 1.82) is 0 Å². The predicted octanol–water partition coefficient (Wildman–Crippen LogP) is 3.69. The lowest BCUT2D eigenvalue weighted by molar-refractivity contribution is -0.163. The third kappa shape index (κ3) is 2.95. The van der Waals surface area contributed by atoms with Crippen molar-refractivity contribution in [2.45, 2.75) is 63.8 Å². The smallest absolute Gasteiger partial charge is 0.120 e. The van der Waals surface area contributed by atoms with Crippen molar-refractivity contribution in [3.63, 3.8) is 0 Å². The van der Waals surface area contributed by atoms with Crippen LogP contribution in [0.15, 0.2) is 24.3 Å². The van der Waals surface area contributed by atoms with E-state index < -0.39 is 0 Å². The molecule has 0 heterocycles. The summed E-state index contributed by atoms with van der Waals surface area (Å²) < 4.78 is 11.4. The first-order valence-corrected chi connectivity index (χ1v) is 8.17. The van der Waals surface area contributed by atoms with Crippen LogP contribution in [0.25, 0.3) is 0 Å². The number of aliphatic hydroxyl groups excluding tert-OH is 1. The summed E-state index contributed by atoms with van der Waals surface area (Å²) >= 11 is 0. The average Bonchev–Trinajstić information content (AvgIpc) is 2.76. The lowest BCUT2D eigenvalue weighted by atomic mass is 9.59. The standard InChI is InChI=1S/C18H26O3/c1-20-13-14-7-6-8-15(11-14)21-17-12-16(19)18(17)9-4-2-3-5-10-18/h6-8,11,16-17,19H,2-5,9-10,12-13H2,1H3. The molecule has 21 heavy (non-hydrogen) atoms. The van der Waals surface area contributed by atoms with E-state index in [1.807, 2.05) is 18.2 Å². The average molecular weight is 290 g/mol. The maximum atomic E-state index is 10.3. The maximum Gasteiger partial charge on any atom is 0.120 e. The lowest BCUT2D eigenvalue weighted by Gasteiger charge is -2.53. The monoisotopic (exact) mass is 290 g/mol. The SMILES string of the molecule is COCc1cccc(OC2CC(O)C23CCCCCC3)c1. The normalized spacial score (nSPS) is 27.9. The van der Waals surface area contributed by atoms with E-state index in [-0.39, 0.29) is 17.6 Å². The Morgan fingerprint density at radius 2 is 1.95 bits per heavy atom. The molecule has 3 nitrogen and oxygen atoms in total. The molecule has 1 N–H and O–H groups in total. The van der Waals surface area contributed by atoms with Gasteiger partial charge in [0.15, 0.2) is 0 Å². The van der Waals surface area contributed by atoms with Crippen molar-refractivity contribution >= 4 is 0 Å². The summed E-state index contributed by atoms with van der Waals surface area (Å²) in [6.07, 6.45) is 8.02. The summed E-state index contributed by atoms with van der Waals surface area (Å²) in [6, 6.07) is 8.12. The molecule has 3 heteroatoms. The minimum Gasteiger partial charge on any atom is -0.490 e. The van der Waals surface area contributed by atoms with Gasteiger partial charge in [-0.15, -0.1) is 0 Å². The largest absolute Gasteiger partial charge is 0.490 e. The van der Waals surface area contributed by atoms with E-state index in [2.05, 4.69) is 6.07 Å². The molecule has 3 rings (SSSR count). The van der Waals surface area contributed by atoms with E-state index in [1.165, 1.54) is 25.7 Å². The van der Waals surface area contributed by atoms with Crippen LogP contribution < -0.4 is 4.74 Å². The van der Waals surface area contributed by atoms with Gasteiger partial charge < -0.3 is 14.6 Å². The van der Waals surface area contributed by atoms with Crippen molar-refractivity contribution in [2.75, 3.05) is 7.11 Å². The van der Waals surface area contributed by atoms with E-state index in [0.717, 1.165) is 30.6 Å². The summed E-state index contributed by atoms with van der Waals surface area (Å²) in [5.41, 5.74) is 1.14.